The number of carbonyl (C=O) groups is 2. The summed E-state index contributed by atoms with van der Waals surface area (Å²) in [5.41, 5.74) is -1.58. The number of hydrogen-bond donors (Lipinski definition) is 2. The molecule has 7 heteroatoms. The topological polar surface area (TPSA) is 108 Å². The molecular weight excluding hydrogens is 346 g/mol. The minimum absolute atomic E-state index is 0.0485. The van der Waals surface area contributed by atoms with E-state index in [1.165, 1.54) is 21.0 Å². The van der Waals surface area contributed by atoms with Crippen LogP contribution in [0.2, 0.25) is 5.02 Å². The SMILES string of the molecule is COc1ccc(Cl)c(C)c1C(C#N)(CCC(=O)O)CC(C)(C)C(=O)O. The number of aliphatic carboxylic acids is 2. The molecule has 0 bridgehead atoms. The zero-order valence-corrected chi connectivity index (χ0v) is 15.5. The van der Waals surface area contributed by atoms with Crippen molar-refractivity contribution in [3.63, 3.8) is 0 Å². The van der Waals surface area contributed by atoms with Gasteiger partial charge in [-0.05, 0) is 51.3 Å². The van der Waals surface area contributed by atoms with Crippen molar-refractivity contribution in [3.8, 4) is 11.8 Å². The Morgan fingerprint density at radius 3 is 2.36 bits per heavy atom. The molecule has 0 saturated carbocycles. The molecule has 2 N–H and O–H groups in total. The molecule has 6 nitrogen and oxygen atoms in total. The number of hydrogen-bond acceptors (Lipinski definition) is 4. The van der Waals surface area contributed by atoms with Crippen LogP contribution in [0.25, 0.3) is 0 Å². The first-order valence-corrected chi connectivity index (χ1v) is 8.08. The fourth-order valence-electron chi connectivity index (χ4n) is 3.03. The Kier molecular flexibility index (Phi) is 6.44. The van der Waals surface area contributed by atoms with E-state index in [-0.39, 0.29) is 19.3 Å². The maximum absolute atomic E-state index is 11.6. The number of halogens is 1. The average molecular weight is 368 g/mol. The van der Waals surface area contributed by atoms with Gasteiger partial charge in [0.1, 0.15) is 5.75 Å². The summed E-state index contributed by atoms with van der Waals surface area (Å²) >= 11 is 6.20. The Bertz CT molecular complexity index is 723. The molecule has 1 aromatic carbocycles. The van der Waals surface area contributed by atoms with Crippen LogP contribution in [-0.2, 0) is 15.0 Å². The van der Waals surface area contributed by atoms with E-state index < -0.39 is 22.8 Å². The number of rotatable bonds is 8. The molecule has 0 spiro atoms. The van der Waals surface area contributed by atoms with E-state index in [0.29, 0.717) is 21.9 Å². The lowest BCUT2D eigenvalue weighted by atomic mass is 9.66. The zero-order valence-electron chi connectivity index (χ0n) is 14.7. The molecule has 0 fully saturated rings. The van der Waals surface area contributed by atoms with Gasteiger partial charge in [-0.2, -0.15) is 5.26 Å². The number of ether oxygens (including phenoxy) is 1. The van der Waals surface area contributed by atoms with E-state index >= 15 is 0 Å². The van der Waals surface area contributed by atoms with Gasteiger partial charge >= 0.3 is 11.9 Å². The van der Waals surface area contributed by atoms with Crippen LogP contribution in [0.1, 0.15) is 44.2 Å². The normalized spacial score (nSPS) is 13.6. The predicted molar refractivity (Wildman–Crippen MR) is 92.9 cm³/mol. The average Bonchev–Trinajstić information content (AvgIpc) is 2.53. The zero-order chi connectivity index (χ0) is 19.4. The number of carboxylic acids is 2. The Morgan fingerprint density at radius 2 is 1.92 bits per heavy atom. The van der Waals surface area contributed by atoms with Gasteiger partial charge in [0, 0.05) is 17.0 Å². The molecule has 0 heterocycles. The van der Waals surface area contributed by atoms with Crippen LogP contribution in [0.15, 0.2) is 12.1 Å². The van der Waals surface area contributed by atoms with Crippen LogP contribution in [0.3, 0.4) is 0 Å². The number of nitrogens with zero attached hydrogens (tertiary/aromatic N) is 1. The van der Waals surface area contributed by atoms with Crippen molar-refractivity contribution in [1.82, 2.24) is 0 Å². The van der Waals surface area contributed by atoms with Crippen LogP contribution in [0.5, 0.6) is 5.75 Å². The van der Waals surface area contributed by atoms with Crippen molar-refractivity contribution < 1.29 is 24.5 Å². The van der Waals surface area contributed by atoms with Gasteiger partial charge in [0.25, 0.3) is 0 Å². The van der Waals surface area contributed by atoms with Crippen LogP contribution < -0.4 is 4.74 Å². The molecule has 0 radical (unpaired) electrons. The summed E-state index contributed by atoms with van der Waals surface area (Å²) in [6, 6.07) is 5.40. The molecule has 0 saturated heterocycles. The van der Waals surface area contributed by atoms with Crippen LogP contribution in [0, 0.1) is 23.7 Å². The molecule has 1 atom stereocenters. The quantitative estimate of drug-likeness (QED) is 0.723. The lowest BCUT2D eigenvalue weighted by Gasteiger charge is -2.35. The summed E-state index contributed by atoms with van der Waals surface area (Å²) < 4.78 is 5.37. The Hall–Kier alpha value is -2.26. The molecule has 0 amide bonds. The van der Waals surface area contributed by atoms with E-state index in [1.807, 2.05) is 0 Å². The maximum Gasteiger partial charge on any atom is 0.309 e. The number of carboxylic acid groups (broad SMARTS) is 2. The highest BCUT2D eigenvalue weighted by Gasteiger charge is 2.44. The first kappa shape index (κ1) is 20.8. The third kappa shape index (κ3) is 4.43. The minimum Gasteiger partial charge on any atom is -0.496 e. The van der Waals surface area contributed by atoms with Crippen LogP contribution in [-0.4, -0.2) is 29.3 Å². The Morgan fingerprint density at radius 1 is 1.32 bits per heavy atom. The van der Waals surface area contributed by atoms with Crippen molar-refractivity contribution in [2.45, 2.75) is 45.4 Å². The second-order valence-electron chi connectivity index (χ2n) is 6.70. The van der Waals surface area contributed by atoms with Gasteiger partial charge in [-0.25, -0.2) is 0 Å². The van der Waals surface area contributed by atoms with Crippen LogP contribution in [0.4, 0.5) is 0 Å². The van der Waals surface area contributed by atoms with E-state index in [4.69, 9.17) is 21.4 Å². The minimum atomic E-state index is -1.36. The van der Waals surface area contributed by atoms with Crippen molar-refractivity contribution in [3.05, 3.63) is 28.3 Å². The molecule has 0 aliphatic carbocycles. The van der Waals surface area contributed by atoms with Crippen molar-refractivity contribution >= 4 is 23.5 Å². The second-order valence-corrected chi connectivity index (χ2v) is 7.11. The standard InChI is InChI=1S/C18H22ClNO5/c1-11-12(19)5-6-13(25-4)15(11)18(10-20,8-7-14(21)22)9-17(2,3)16(23)24/h5-6H,7-9H2,1-4H3,(H,21,22)(H,23,24). The number of methoxy groups -OCH3 is 1. The van der Waals surface area contributed by atoms with Gasteiger partial charge in [-0.3, -0.25) is 9.59 Å². The largest absolute Gasteiger partial charge is 0.496 e. The van der Waals surface area contributed by atoms with E-state index in [9.17, 15) is 20.0 Å². The van der Waals surface area contributed by atoms with Gasteiger partial charge in [-0.15, -0.1) is 0 Å². The summed E-state index contributed by atoms with van der Waals surface area (Å²) in [6.07, 6.45) is -0.401. The summed E-state index contributed by atoms with van der Waals surface area (Å²) in [7, 11) is 1.44. The Balaban J connectivity index is 3.67. The predicted octanol–water partition coefficient (Wildman–Crippen LogP) is 3.78. The summed E-state index contributed by atoms with van der Waals surface area (Å²) in [5.74, 6) is -1.75. The monoisotopic (exact) mass is 367 g/mol. The smallest absolute Gasteiger partial charge is 0.309 e. The van der Waals surface area contributed by atoms with E-state index in [2.05, 4.69) is 6.07 Å². The molecule has 0 aromatic heterocycles. The molecule has 1 unspecified atom stereocenters. The van der Waals surface area contributed by atoms with E-state index in [0.717, 1.165) is 0 Å². The first-order valence-electron chi connectivity index (χ1n) is 7.71. The lowest BCUT2D eigenvalue weighted by Crippen LogP contribution is -2.37. The molecule has 1 aromatic rings. The van der Waals surface area contributed by atoms with Gasteiger partial charge in [0.2, 0.25) is 0 Å². The second kappa shape index (κ2) is 7.75. The highest BCUT2D eigenvalue weighted by molar-refractivity contribution is 6.31. The third-order valence-corrected chi connectivity index (χ3v) is 4.77. The number of benzene rings is 1. The van der Waals surface area contributed by atoms with Gasteiger partial charge in [0.05, 0.1) is 24.0 Å². The van der Waals surface area contributed by atoms with Gasteiger partial charge in [-0.1, -0.05) is 11.6 Å². The van der Waals surface area contributed by atoms with Crippen molar-refractivity contribution in [2.75, 3.05) is 7.11 Å². The van der Waals surface area contributed by atoms with E-state index in [1.54, 1.807) is 19.1 Å². The third-order valence-electron chi connectivity index (χ3n) is 4.36. The molecule has 0 aliphatic rings. The highest BCUT2D eigenvalue weighted by Crippen LogP contribution is 2.46. The maximum atomic E-state index is 11.6. The molecule has 0 aliphatic heterocycles. The molecule has 25 heavy (non-hydrogen) atoms. The Labute approximate surface area is 152 Å². The molecular formula is C18H22ClNO5. The van der Waals surface area contributed by atoms with Gasteiger partial charge < -0.3 is 14.9 Å². The first-order chi connectivity index (χ1) is 11.5. The highest BCUT2D eigenvalue weighted by atomic mass is 35.5. The van der Waals surface area contributed by atoms with Gasteiger partial charge in [0.15, 0.2) is 0 Å². The summed E-state index contributed by atoms with van der Waals surface area (Å²) in [6.45, 7) is 4.73. The lowest BCUT2D eigenvalue weighted by molar-refractivity contribution is -0.147. The number of nitriles is 1. The fraction of sp³-hybridized carbons (Fsp3) is 0.500. The fourth-order valence-corrected chi connectivity index (χ4v) is 3.19. The van der Waals surface area contributed by atoms with Crippen molar-refractivity contribution in [2.24, 2.45) is 5.41 Å². The molecule has 1 rings (SSSR count). The van der Waals surface area contributed by atoms with Crippen molar-refractivity contribution in [1.29, 1.82) is 5.26 Å². The summed E-state index contributed by atoms with van der Waals surface area (Å²) in [4.78, 5) is 22.7. The van der Waals surface area contributed by atoms with Crippen LogP contribution >= 0.6 is 11.6 Å². The summed E-state index contributed by atoms with van der Waals surface area (Å²) in [5, 5.41) is 29.0. The molecule has 136 valence electrons.